The Labute approximate surface area is 160 Å². The molecular formula is C16H16F2N6O3S. The summed E-state index contributed by atoms with van der Waals surface area (Å²) in [6, 6.07) is -0.248. The van der Waals surface area contributed by atoms with Crippen molar-refractivity contribution in [3.8, 4) is 0 Å². The van der Waals surface area contributed by atoms with Gasteiger partial charge in [-0.15, -0.1) is 0 Å². The number of nitrogens with one attached hydrogen (secondary N) is 1. The van der Waals surface area contributed by atoms with Crippen molar-refractivity contribution < 1.29 is 18.7 Å². The molecule has 0 aliphatic carbocycles. The Morgan fingerprint density at radius 3 is 2.68 bits per heavy atom. The minimum Gasteiger partial charge on any atom is -0.477 e. The number of hydrazine groups is 1. The van der Waals surface area contributed by atoms with Crippen molar-refractivity contribution in [2.45, 2.75) is 19.4 Å². The Hall–Kier alpha value is -2.83. The van der Waals surface area contributed by atoms with Gasteiger partial charge in [-0.3, -0.25) is 10.6 Å². The van der Waals surface area contributed by atoms with Crippen molar-refractivity contribution in [3.05, 3.63) is 32.4 Å². The van der Waals surface area contributed by atoms with Crippen LogP contribution in [0, 0.1) is 18.6 Å². The summed E-state index contributed by atoms with van der Waals surface area (Å²) in [5, 5.41) is 13.5. The van der Waals surface area contributed by atoms with E-state index in [4.69, 9.17) is 11.6 Å². The van der Waals surface area contributed by atoms with Gasteiger partial charge in [0.1, 0.15) is 32.3 Å². The van der Waals surface area contributed by atoms with Gasteiger partial charge in [0.05, 0.1) is 5.39 Å². The topological polar surface area (TPSA) is 139 Å². The van der Waals surface area contributed by atoms with Gasteiger partial charge < -0.3 is 21.2 Å². The van der Waals surface area contributed by atoms with E-state index in [1.165, 1.54) is 4.90 Å². The minimum atomic E-state index is -1.52. The molecule has 2 aromatic heterocycles. The van der Waals surface area contributed by atoms with Crippen molar-refractivity contribution in [2.24, 2.45) is 11.6 Å². The monoisotopic (exact) mass is 410 g/mol. The van der Waals surface area contributed by atoms with Crippen molar-refractivity contribution >= 4 is 44.4 Å². The second-order valence-corrected chi connectivity index (χ2v) is 7.74. The number of aromatic carboxylic acids is 1. The summed E-state index contributed by atoms with van der Waals surface area (Å²) in [5.41, 5.74) is 5.09. The van der Waals surface area contributed by atoms with E-state index < -0.39 is 39.7 Å². The molecule has 1 fully saturated rings. The molecule has 1 aromatic carbocycles. The molecule has 0 bridgehead atoms. The van der Waals surface area contributed by atoms with Crippen LogP contribution >= 0.6 is 11.3 Å². The molecule has 1 aliphatic heterocycles. The van der Waals surface area contributed by atoms with Gasteiger partial charge in [-0.25, -0.2) is 18.1 Å². The predicted octanol–water partition coefficient (Wildman–Crippen LogP) is 1.02. The maximum absolute atomic E-state index is 15.5. The third-order valence-electron chi connectivity index (χ3n) is 4.79. The Bertz CT molecular complexity index is 1210. The number of hydrogen-bond donors (Lipinski definition) is 4. The van der Waals surface area contributed by atoms with E-state index in [-0.39, 0.29) is 28.6 Å². The first-order valence-electron chi connectivity index (χ1n) is 8.33. The molecule has 0 radical (unpaired) electrons. The van der Waals surface area contributed by atoms with Crippen molar-refractivity contribution in [1.82, 2.24) is 9.61 Å². The number of anilines is 2. The minimum absolute atomic E-state index is 0.0416. The number of nitrogen functional groups attached to an aromatic ring is 1. The number of halogens is 2. The van der Waals surface area contributed by atoms with Crippen LogP contribution in [0.4, 0.5) is 20.2 Å². The van der Waals surface area contributed by atoms with E-state index in [1.807, 2.05) is 0 Å². The summed E-state index contributed by atoms with van der Waals surface area (Å²) < 4.78 is 31.7. The number of pyridine rings is 1. The smallest absolute Gasteiger partial charge is 0.342 e. The summed E-state index contributed by atoms with van der Waals surface area (Å²) in [5.74, 6) is 1.82. The number of aromatic nitrogens is 2. The van der Waals surface area contributed by atoms with Crippen LogP contribution in [-0.4, -0.2) is 39.8 Å². The van der Waals surface area contributed by atoms with Crippen molar-refractivity contribution in [2.75, 3.05) is 23.4 Å². The number of carbonyl (C=O) groups is 1. The number of fused-ring (bicyclic) bond motifs is 3. The molecule has 12 heteroatoms. The number of hydrogen-bond acceptors (Lipinski definition) is 8. The molecule has 0 spiro atoms. The van der Waals surface area contributed by atoms with E-state index in [0.717, 1.165) is 15.9 Å². The number of nitrogens with two attached hydrogens (primary N) is 2. The Morgan fingerprint density at radius 1 is 1.39 bits per heavy atom. The van der Waals surface area contributed by atoms with Crippen LogP contribution in [-0.2, 0) is 0 Å². The standard InChI is InChI=1S/C16H16F2N6O3S/c1-5-22-24-12-7(14(25)8(16(26)27)15(24)28-5)11(21-20)9(17)13(10(12)18)23-3-2-6(19)4-23/h6,21H,2-4,19-20H2,1H3,(H,26,27). The maximum Gasteiger partial charge on any atom is 0.342 e. The van der Waals surface area contributed by atoms with Crippen LogP contribution in [0.1, 0.15) is 21.8 Å². The largest absolute Gasteiger partial charge is 0.477 e. The van der Waals surface area contributed by atoms with E-state index in [2.05, 4.69) is 10.5 Å². The first-order valence-corrected chi connectivity index (χ1v) is 9.15. The molecule has 1 unspecified atom stereocenters. The van der Waals surface area contributed by atoms with Crippen LogP contribution in [0.25, 0.3) is 15.7 Å². The van der Waals surface area contributed by atoms with Gasteiger partial charge >= 0.3 is 5.97 Å². The lowest BCUT2D eigenvalue weighted by Crippen LogP contribution is -2.29. The fourth-order valence-corrected chi connectivity index (χ4v) is 4.50. The molecule has 148 valence electrons. The lowest BCUT2D eigenvalue weighted by molar-refractivity contribution is 0.0697. The quantitative estimate of drug-likeness (QED) is 0.371. The molecule has 1 aliphatic rings. The number of aryl methyl sites for hydroxylation is 1. The summed E-state index contributed by atoms with van der Waals surface area (Å²) in [7, 11) is 0. The molecule has 0 saturated carbocycles. The molecule has 4 rings (SSSR count). The maximum atomic E-state index is 15.5. The second-order valence-electron chi connectivity index (χ2n) is 6.56. The average Bonchev–Trinajstić information content (AvgIpc) is 3.20. The van der Waals surface area contributed by atoms with Crippen LogP contribution in [0.5, 0.6) is 0 Å². The van der Waals surface area contributed by atoms with Gasteiger partial charge in [-0.1, -0.05) is 11.3 Å². The van der Waals surface area contributed by atoms with E-state index in [9.17, 15) is 14.7 Å². The number of carboxylic acid groups (broad SMARTS) is 1. The van der Waals surface area contributed by atoms with Gasteiger partial charge in [-0.2, -0.15) is 5.10 Å². The fourth-order valence-electron chi connectivity index (χ4n) is 3.60. The Kier molecular flexibility index (Phi) is 4.21. The molecular weight excluding hydrogens is 394 g/mol. The number of nitrogens with zero attached hydrogens (tertiary/aromatic N) is 3. The second kappa shape index (κ2) is 6.36. The molecule has 9 nitrogen and oxygen atoms in total. The van der Waals surface area contributed by atoms with Crippen LogP contribution in [0.3, 0.4) is 0 Å². The molecule has 3 aromatic rings. The highest BCUT2D eigenvalue weighted by Crippen LogP contribution is 2.38. The fraction of sp³-hybridized carbons (Fsp3) is 0.312. The normalized spacial score (nSPS) is 17.0. The highest BCUT2D eigenvalue weighted by atomic mass is 32.1. The Morgan fingerprint density at radius 2 is 2.11 bits per heavy atom. The molecule has 1 saturated heterocycles. The number of rotatable bonds is 3. The SMILES string of the molecule is Cc1nn2c(s1)c(C(=O)O)c(=O)c1c(NN)c(F)c(N3CCC(N)C3)c(F)c12. The molecule has 3 heterocycles. The zero-order chi connectivity index (χ0) is 20.3. The van der Waals surface area contributed by atoms with Gasteiger partial charge in [0.15, 0.2) is 11.6 Å². The highest BCUT2D eigenvalue weighted by molar-refractivity contribution is 7.17. The number of carboxylic acids is 1. The number of benzene rings is 1. The van der Waals surface area contributed by atoms with Crippen molar-refractivity contribution in [3.63, 3.8) is 0 Å². The summed E-state index contributed by atoms with van der Waals surface area (Å²) in [6.07, 6.45) is 0.547. The third-order valence-corrected chi connectivity index (χ3v) is 5.73. The lowest BCUT2D eigenvalue weighted by atomic mass is 10.1. The van der Waals surface area contributed by atoms with Crippen LogP contribution in [0.15, 0.2) is 4.79 Å². The zero-order valence-corrected chi connectivity index (χ0v) is 15.4. The zero-order valence-electron chi connectivity index (χ0n) is 14.6. The van der Waals surface area contributed by atoms with Gasteiger partial charge in [0.25, 0.3) is 0 Å². The summed E-state index contributed by atoms with van der Waals surface area (Å²) in [6.45, 7) is 2.14. The van der Waals surface area contributed by atoms with E-state index in [0.29, 0.717) is 18.0 Å². The molecule has 28 heavy (non-hydrogen) atoms. The molecule has 1 atom stereocenters. The van der Waals surface area contributed by atoms with Crippen LogP contribution in [0.2, 0.25) is 0 Å². The first-order chi connectivity index (χ1) is 13.3. The summed E-state index contributed by atoms with van der Waals surface area (Å²) >= 11 is 0.926. The average molecular weight is 410 g/mol. The van der Waals surface area contributed by atoms with Gasteiger partial charge in [0, 0.05) is 19.1 Å². The highest BCUT2D eigenvalue weighted by Gasteiger charge is 2.33. The molecule has 6 N–H and O–H groups in total. The first kappa shape index (κ1) is 18.5. The third kappa shape index (κ3) is 2.45. The van der Waals surface area contributed by atoms with E-state index >= 15 is 8.78 Å². The lowest BCUT2D eigenvalue weighted by Gasteiger charge is -2.22. The summed E-state index contributed by atoms with van der Waals surface area (Å²) in [4.78, 5) is 26.0. The van der Waals surface area contributed by atoms with Crippen molar-refractivity contribution in [1.29, 1.82) is 0 Å². The molecule has 0 amide bonds. The van der Waals surface area contributed by atoms with E-state index in [1.54, 1.807) is 6.92 Å². The Balaban J connectivity index is 2.24. The van der Waals surface area contributed by atoms with Gasteiger partial charge in [-0.05, 0) is 13.3 Å². The van der Waals surface area contributed by atoms with Crippen LogP contribution < -0.4 is 27.3 Å². The predicted molar refractivity (Wildman–Crippen MR) is 101 cm³/mol. The van der Waals surface area contributed by atoms with Gasteiger partial charge in [0.2, 0.25) is 5.43 Å².